The first-order valence-corrected chi connectivity index (χ1v) is 5.29. The van der Waals surface area contributed by atoms with Crippen molar-refractivity contribution >= 4 is 5.84 Å². The number of likely N-dealkylation sites (N-methyl/N-ethyl adjacent to an activating group) is 1. The molecule has 0 saturated carbocycles. The van der Waals surface area contributed by atoms with Crippen LogP contribution in [0.25, 0.3) is 0 Å². The van der Waals surface area contributed by atoms with Crippen molar-refractivity contribution in [1.29, 1.82) is 5.41 Å². The van der Waals surface area contributed by atoms with E-state index in [9.17, 15) is 0 Å². The molecule has 0 aliphatic rings. The van der Waals surface area contributed by atoms with Crippen molar-refractivity contribution in [3.05, 3.63) is 30.1 Å². The zero-order valence-electron chi connectivity index (χ0n) is 9.70. The first kappa shape index (κ1) is 11.7. The maximum atomic E-state index is 7.83. The van der Waals surface area contributed by atoms with Gasteiger partial charge in [-0.05, 0) is 24.1 Å². The van der Waals surface area contributed by atoms with Crippen molar-refractivity contribution in [3.63, 3.8) is 0 Å². The average molecular weight is 205 g/mol. The SMILES string of the molecule is CC(C)C(=N)N(C)CCc1ccncc1. The third kappa shape index (κ3) is 3.70. The molecule has 0 aromatic carbocycles. The number of hydrogen-bond donors (Lipinski definition) is 1. The molecule has 0 aliphatic heterocycles. The Hall–Kier alpha value is -1.38. The van der Waals surface area contributed by atoms with Gasteiger partial charge in [0.25, 0.3) is 0 Å². The van der Waals surface area contributed by atoms with Gasteiger partial charge < -0.3 is 4.90 Å². The minimum Gasteiger partial charge on any atom is -0.363 e. The minimum absolute atomic E-state index is 0.299. The summed E-state index contributed by atoms with van der Waals surface area (Å²) in [7, 11) is 1.98. The first-order chi connectivity index (χ1) is 7.11. The third-order valence-corrected chi connectivity index (χ3v) is 2.44. The number of amidine groups is 1. The van der Waals surface area contributed by atoms with Crippen LogP contribution in [0.1, 0.15) is 19.4 Å². The van der Waals surface area contributed by atoms with Crippen molar-refractivity contribution in [2.45, 2.75) is 20.3 Å². The molecule has 1 N–H and O–H groups in total. The molecule has 0 atom stereocenters. The molecule has 1 heterocycles. The summed E-state index contributed by atoms with van der Waals surface area (Å²) in [5.41, 5.74) is 1.27. The number of pyridine rings is 1. The molecular formula is C12H19N3. The van der Waals surface area contributed by atoms with Crippen LogP contribution >= 0.6 is 0 Å². The molecule has 3 nitrogen and oxygen atoms in total. The van der Waals surface area contributed by atoms with Crippen LogP contribution in [0.3, 0.4) is 0 Å². The maximum Gasteiger partial charge on any atom is 0.0981 e. The highest BCUT2D eigenvalue weighted by atomic mass is 15.1. The Morgan fingerprint density at radius 3 is 2.53 bits per heavy atom. The summed E-state index contributed by atoms with van der Waals surface area (Å²) in [5, 5.41) is 7.83. The largest absolute Gasteiger partial charge is 0.363 e. The fourth-order valence-electron chi connectivity index (χ4n) is 1.41. The molecule has 0 bridgehead atoms. The second kappa shape index (κ2) is 5.49. The highest BCUT2D eigenvalue weighted by Crippen LogP contribution is 2.03. The second-order valence-electron chi connectivity index (χ2n) is 4.07. The Morgan fingerprint density at radius 2 is 2.00 bits per heavy atom. The summed E-state index contributed by atoms with van der Waals surface area (Å²) in [6.07, 6.45) is 4.58. The van der Waals surface area contributed by atoms with Crippen LogP contribution < -0.4 is 0 Å². The van der Waals surface area contributed by atoms with E-state index in [1.165, 1.54) is 5.56 Å². The molecule has 1 aromatic rings. The first-order valence-electron chi connectivity index (χ1n) is 5.29. The Kier molecular flexibility index (Phi) is 4.28. The van der Waals surface area contributed by atoms with Crippen LogP contribution in [0.4, 0.5) is 0 Å². The van der Waals surface area contributed by atoms with Gasteiger partial charge in [0.15, 0.2) is 0 Å². The fourth-order valence-corrected chi connectivity index (χ4v) is 1.41. The Bertz CT molecular complexity index is 306. The Labute approximate surface area is 91.7 Å². The van der Waals surface area contributed by atoms with Gasteiger partial charge in [0.05, 0.1) is 5.84 Å². The van der Waals surface area contributed by atoms with E-state index in [-0.39, 0.29) is 0 Å². The summed E-state index contributed by atoms with van der Waals surface area (Å²) in [4.78, 5) is 5.99. The molecular weight excluding hydrogens is 186 g/mol. The fraction of sp³-hybridized carbons (Fsp3) is 0.500. The molecule has 0 aliphatic carbocycles. The number of rotatable bonds is 4. The van der Waals surface area contributed by atoms with E-state index in [4.69, 9.17) is 5.41 Å². The van der Waals surface area contributed by atoms with Gasteiger partial charge in [-0.15, -0.1) is 0 Å². The summed E-state index contributed by atoms with van der Waals surface area (Å²) in [6, 6.07) is 4.04. The average Bonchev–Trinajstić information content (AvgIpc) is 2.26. The number of nitrogens with one attached hydrogen (secondary N) is 1. The lowest BCUT2D eigenvalue weighted by molar-refractivity contribution is 0.476. The van der Waals surface area contributed by atoms with Crippen LogP contribution in [0.2, 0.25) is 0 Å². The number of hydrogen-bond acceptors (Lipinski definition) is 2. The summed E-state index contributed by atoms with van der Waals surface area (Å²) in [5.74, 6) is 0.997. The van der Waals surface area contributed by atoms with E-state index in [1.807, 2.05) is 50.3 Å². The van der Waals surface area contributed by atoms with E-state index < -0.39 is 0 Å². The van der Waals surface area contributed by atoms with Gasteiger partial charge in [0.2, 0.25) is 0 Å². The van der Waals surface area contributed by atoms with Crippen LogP contribution in [0, 0.1) is 11.3 Å². The van der Waals surface area contributed by atoms with E-state index in [2.05, 4.69) is 4.98 Å². The van der Waals surface area contributed by atoms with Gasteiger partial charge in [0.1, 0.15) is 0 Å². The molecule has 3 heteroatoms. The van der Waals surface area contributed by atoms with Crippen molar-refractivity contribution < 1.29 is 0 Å². The van der Waals surface area contributed by atoms with E-state index in [0.29, 0.717) is 11.8 Å². The van der Waals surface area contributed by atoms with Crippen LogP contribution in [0.5, 0.6) is 0 Å². The van der Waals surface area contributed by atoms with Crippen LogP contribution in [-0.2, 0) is 6.42 Å². The zero-order chi connectivity index (χ0) is 11.3. The minimum atomic E-state index is 0.299. The van der Waals surface area contributed by atoms with Gasteiger partial charge in [-0.3, -0.25) is 10.4 Å². The third-order valence-electron chi connectivity index (χ3n) is 2.44. The van der Waals surface area contributed by atoms with Crippen LogP contribution in [0.15, 0.2) is 24.5 Å². The topological polar surface area (TPSA) is 40.0 Å². The molecule has 0 spiro atoms. The highest BCUT2D eigenvalue weighted by Gasteiger charge is 2.07. The van der Waals surface area contributed by atoms with E-state index in [1.54, 1.807) is 0 Å². The van der Waals surface area contributed by atoms with Gasteiger partial charge in [-0.2, -0.15) is 0 Å². The molecule has 0 amide bonds. The van der Waals surface area contributed by atoms with Crippen LogP contribution in [-0.4, -0.2) is 29.3 Å². The quantitative estimate of drug-likeness (QED) is 0.604. The highest BCUT2D eigenvalue weighted by molar-refractivity contribution is 5.80. The summed E-state index contributed by atoms with van der Waals surface area (Å²) >= 11 is 0. The number of nitrogens with zero attached hydrogens (tertiary/aromatic N) is 2. The van der Waals surface area contributed by atoms with Crippen molar-refractivity contribution in [3.8, 4) is 0 Å². The summed E-state index contributed by atoms with van der Waals surface area (Å²) < 4.78 is 0. The molecule has 1 rings (SSSR count). The molecule has 0 radical (unpaired) electrons. The lowest BCUT2D eigenvalue weighted by Gasteiger charge is -2.22. The lowest BCUT2D eigenvalue weighted by Crippen LogP contribution is -2.31. The normalized spacial score (nSPS) is 10.4. The smallest absolute Gasteiger partial charge is 0.0981 e. The van der Waals surface area contributed by atoms with Crippen molar-refractivity contribution in [2.75, 3.05) is 13.6 Å². The molecule has 0 fully saturated rings. The van der Waals surface area contributed by atoms with E-state index in [0.717, 1.165) is 13.0 Å². The van der Waals surface area contributed by atoms with Crippen molar-refractivity contribution in [2.24, 2.45) is 5.92 Å². The molecule has 0 unspecified atom stereocenters. The van der Waals surface area contributed by atoms with Gasteiger partial charge in [0, 0.05) is 31.9 Å². The monoisotopic (exact) mass is 205 g/mol. The molecule has 82 valence electrons. The van der Waals surface area contributed by atoms with Gasteiger partial charge >= 0.3 is 0 Å². The Morgan fingerprint density at radius 1 is 1.40 bits per heavy atom. The molecule has 15 heavy (non-hydrogen) atoms. The molecule has 0 saturated heterocycles. The Balaban J connectivity index is 2.41. The predicted molar refractivity (Wildman–Crippen MR) is 63.1 cm³/mol. The van der Waals surface area contributed by atoms with Gasteiger partial charge in [-0.1, -0.05) is 13.8 Å². The van der Waals surface area contributed by atoms with Gasteiger partial charge in [-0.25, -0.2) is 0 Å². The predicted octanol–water partition coefficient (Wildman–Crippen LogP) is 2.19. The zero-order valence-corrected chi connectivity index (χ0v) is 9.70. The number of aromatic nitrogens is 1. The summed E-state index contributed by atoms with van der Waals surface area (Å²) in [6.45, 7) is 4.98. The maximum absolute atomic E-state index is 7.83. The molecule has 1 aromatic heterocycles. The van der Waals surface area contributed by atoms with Crippen molar-refractivity contribution in [1.82, 2.24) is 9.88 Å². The second-order valence-corrected chi connectivity index (χ2v) is 4.07. The lowest BCUT2D eigenvalue weighted by atomic mass is 10.1. The van der Waals surface area contributed by atoms with E-state index >= 15 is 0 Å². The standard InChI is InChI=1S/C12H19N3/c1-10(2)12(13)15(3)9-6-11-4-7-14-8-5-11/h4-5,7-8,10,13H,6,9H2,1-3H3.